The molecule has 0 radical (unpaired) electrons. The van der Waals surface area contributed by atoms with Crippen molar-refractivity contribution < 1.29 is 18.9 Å². The first-order valence-electron chi connectivity index (χ1n) is 25.2. The van der Waals surface area contributed by atoms with Crippen molar-refractivity contribution >= 4 is 113 Å². The second-order valence-corrected chi connectivity index (χ2v) is 19.4. The first kappa shape index (κ1) is 41.0. The van der Waals surface area contributed by atoms with E-state index in [1.807, 2.05) is 12.1 Å². The summed E-state index contributed by atoms with van der Waals surface area (Å²) in [5.41, 5.74) is 12.8. The molecule has 6 nitrogen and oxygen atoms in total. The van der Waals surface area contributed by atoms with Crippen LogP contribution in [0.3, 0.4) is 0 Å². The normalized spacial score (nSPS) is 13.0. The van der Waals surface area contributed by atoms with Gasteiger partial charge in [-0.1, -0.05) is 146 Å². The summed E-state index contributed by atoms with van der Waals surface area (Å²) in [6.07, 6.45) is 0. The molecule has 0 unspecified atom stereocenters. The van der Waals surface area contributed by atoms with Gasteiger partial charge in [-0.15, -0.1) is 0 Å². The molecule has 0 bridgehead atoms. The predicted octanol–water partition coefficient (Wildman–Crippen LogP) is 13.5. The molecule has 4 aliphatic rings. The first-order chi connectivity index (χ1) is 36.7. The van der Waals surface area contributed by atoms with Crippen molar-refractivity contribution in [1.29, 1.82) is 0 Å². The minimum atomic E-state index is -0.123. The first-order valence-corrected chi connectivity index (χ1v) is 25.2. The SMILES string of the molecule is c1ccc(N(c2ccccc2)c2ccc3c(c2)Oc2cccc4c2B3c2ccc3c5ccc6c(c5c5ccccc5c3c2O4)Oc2cccc3c2B6c2ccc(N(c4ccccc4)c4ccccc4)cc2O3)cc1. The van der Waals surface area contributed by atoms with Crippen LogP contribution in [0, 0.1) is 0 Å². The van der Waals surface area contributed by atoms with Gasteiger partial charge in [-0.2, -0.15) is 0 Å². The van der Waals surface area contributed by atoms with Crippen LogP contribution in [0.2, 0.25) is 0 Å². The molecular weight excluding hydrogens is 906 g/mol. The minimum Gasteiger partial charge on any atom is -0.458 e. The summed E-state index contributed by atoms with van der Waals surface area (Å²) in [5, 5.41) is 6.57. The van der Waals surface area contributed by atoms with Crippen molar-refractivity contribution in [1.82, 2.24) is 0 Å². The molecule has 0 N–H and O–H groups in total. The molecule has 344 valence electrons. The van der Waals surface area contributed by atoms with Crippen LogP contribution in [0.4, 0.5) is 34.1 Å². The van der Waals surface area contributed by atoms with E-state index in [1.165, 1.54) is 0 Å². The number of ether oxygens (including phenoxy) is 4. The Morgan fingerprint density at radius 3 is 0.946 bits per heavy atom. The fourth-order valence-corrected chi connectivity index (χ4v) is 12.3. The molecule has 4 heterocycles. The van der Waals surface area contributed by atoms with Crippen LogP contribution in [0.1, 0.15) is 0 Å². The zero-order valence-electron chi connectivity index (χ0n) is 39.8. The van der Waals surface area contributed by atoms with Crippen molar-refractivity contribution in [2.75, 3.05) is 9.80 Å². The lowest BCUT2D eigenvalue weighted by molar-refractivity contribution is 0.466. The van der Waals surface area contributed by atoms with E-state index in [4.69, 9.17) is 18.9 Å². The number of para-hydroxylation sites is 4. The van der Waals surface area contributed by atoms with Gasteiger partial charge in [0.2, 0.25) is 0 Å². The lowest BCUT2D eigenvalue weighted by atomic mass is 9.34. The van der Waals surface area contributed by atoms with E-state index in [0.717, 1.165) is 145 Å². The van der Waals surface area contributed by atoms with Gasteiger partial charge in [0.25, 0.3) is 13.4 Å². The van der Waals surface area contributed by atoms with E-state index in [0.29, 0.717) is 0 Å². The molecule has 0 aliphatic carbocycles. The maximum absolute atomic E-state index is 7.19. The molecule has 0 aromatic heterocycles. The maximum Gasteiger partial charge on any atom is 0.260 e. The maximum atomic E-state index is 7.19. The van der Waals surface area contributed by atoms with Crippen molar-refractivity contribution in [3.8, 4) is 46.0 Å². The van der Waals surface area contributed by atoms with Gasteiger partial charge in [0.1, 0.15) is 46.0 Å². The van der Waals surface area contributed by atoms with Gasteiger partial charge < -0.3 is 28.7 Å². The Labute approximate surface area is 428 Å². The molecule has 0 atom stereocenters. The highest BCUT2D eigenvalue weighted by molar-refractivity contribution is 6.99. The third-order valence-corrected chi connectivity index (χ3v) is 15.4. The minimum absolute atomic E-state index is 0.123. The highest BCUT2D eigenvalue weighted by Gasteiger charge is 2.43. The quantitative estimate of drug-likeness (QED) is 0.122. The number of fused-ring (bicyclic) bond motifs is 16. The monoisotopic (exact) mass is 946 g/mol. The topological polar surface area (TPSA) is 43.4 Å². The van der Waals surface area contributed by atoms with Crippen LogP contribution in [0.5, 0.6) is 46.0 Å². The average molecular weight is 947 g/mol. The van der Waals surface area contributed by atoms with Crippen molar-refractivity contribution in [3.05, 3.63) is 243 Å². The van der Waals surface area contributed by atoms with Crippen LogP contribution in [0.15, 0.2) is 243 Å². The summed E-state index contributed by atoms with van der Waals surface area (Å²) in [6.45, 7) is -0.245. The predicted molar refractivity (Wildman–Crippen MR) is 304 cm³/mol. The van der Waals surface area contributed by atoms with E-state index >= 15 is 0 Å². The number of nitrogens with zero attached hydrogens (tertiary/aromatic N) is 2. The number of rotatable bonds is 6. The third-order valence-electron chi connectivity index (χ3n) is 15.4. The summed E-state index contributed by atoms with van der Waals surface area (Å²) >= 11 is 0. The highest BCUT2D eigenvalue weighted by atomic mass is 16.5. The number of benzene rings is 12. The molecule has 0 amide bonds. The van der Waals surface area contributed by atoms with Gasteiger partial charge in [0, 0.05) is 68.0 Å². The molecule has 0 fully saturated rings. The van der Waals surface area contributed by atoms with Crippen molar-refractivity contribution in [3.63, 3.8) is 0 Å². The van der Waals surface area contributed by atoms with E-state index in [1.54, 1.807) is 0 Å². The largest absolute Gasteiger partial charge is 0.458 e. The molecule has 8 heteroatoms. The third kappa shape index (κ3) is 6.03. The van der Waals surface area contributed by atoms with Gasteiger partial charge in [-0.25, -0.2) is 0 Å². The summed E-state index contributed by atoms with van der Waals surface area (Å²) in [7, 11) is 0. The van der Waals surface area contributed by atoms with Crippen LogP contribution in [-0.4, -0.2) is 13.4 Å². The standard InChI is InChI=1S/C66H40B2N2O4/c1-5-17-41(18-6-1)69(42-19-7-2-8-20-42)45-31-35-51-59(39-45)71-55-27-15-29-57-63(55)67(51)53-37-33-49-50-34-38-54-66(62(50)48-26-14-13-25-47(48)61(49)65(53)73-57)74-58-30-16-28-56-64(58)68(54)52-36-32-46(40-60(52)72-56)70(43-21-9-3-10-22-43)44-23-11-4-12-24-44/h1-40H. The molecule has 16 rings (SSSR count). The fraction of sp³-hybridized carbons (Fsp3) is 0. The Hall–Kier alpha value is -9.65. The number of hydrogen-bond acceptors (Lipinski definition) is 6. The zero-order valence-corrected chi connectivity index (χ0v) is 39.8. The Balaban J connectivity index is 0.862. The number of anilines is 6. The van der Waals surface area contributed by atoms with E-state index in [-0.39, 0.29) is 13.4 Å². The molecule has 74 heavy (non-hydrogen) atoms. The molecule has 12 aromatic carbocycles. The zero-order chi connectivity index (χ0) is 48.4. The van der Waals surface area contributed by atoms with Gasteiger partial charge >= 0.3 is 0 Å². The second kappa shape index (κ2) is 15.9. The lowest BCUT2D eigenvalue weighted by Gasteiger charge is -2.35. The van der Waals surface area contributed by atoms with Gasteiger partial charge in [0.15, 0.2) is 0 Å². The smallest absolute Gasteiger partial charge is 0.260 e. The lowest BCUT2D eigenvalue weighted by Crippen LogP contribution is -2.57. The van der Waals surface area contributed by atoms with Crippen LogP contribution in [0.25, 0.3) is 32.3 Å². The molecule has 0 saturated heterocycles. The summed E-state index contributed by atoms with van der Waals surface area (Å²) < 4.78 is 28.1. The summed E-state index contributed by atoms with van der Waals surface area (Å²) in [6, 6.07) is 85.6. The molecule has 0 spiro atoms. The van der Waals surface area contributed by atoms with Crippen molar-refractivity contribution in [2.24, 2.45) is 0 Å². The Kier molecular flexibility index (Phi) is 8.83. The number of hydrogen-bond donors (Lipinski definition) is 0. The Morgan fingerprint density at radius 1 is 0.243 bits per heavy atom. The molecular formula is C66H40B2N2O4. The van der Waals surface area contributed by atoms with Crippen LogP contribution in [-0.2, 0) is 0 Å². The Morgan fingerprint density at radius 2 is 0.568 bits per heavy atom. The second-order valence-electron chi connectivity index (χ2n) is 19.4. The van der Waals surface area contributed by atoms with E-state index in [9.17, 15) is 0 Å². The molecule has 12 aromatic rings. The Bertz CT molecular complexity index is 3910. The van der Waals surface area contributed by atoms with Gasteiger partial charge in [-0.05, 0) is 128 Å². The van der Waals surface area contributed by atoms with Crippen molar-refractivity contribution in [2.45, 2.75) is 0 Å². The van der Waals surface area contributed by atoms with Gasteiger partial charge in [0.05, 0.1) is 0 Å². The van der Waals surface area contributed by atoms with Crippen LogP contribution < -0.4 is 61.5 Å². The summed E-state index contributed by atoms with van der Waals surface area (Å²) in [4.78, 5) is 4.56. The summed E-state index contributed by atoms with van der Waals surface area (Å²) in [5.74, 6) is 6.61. The van der Waals surface area contributed by atoms with E-state index in [2.05, 4.69) is 240 Å². The highest BCUT2D eigenvalue weighted by Crippen LogP contribution is 2.48. The molecule has 0 saturated carbocycles. The molecule has 4 aliphatic heterocycles. The van der Waals surface area contributed by atoms with Crippen LogP contribution >= 0.6 is 0 Å². The fourth-order valence-electron chi connectivity index (χ4n) is 12.3. The van der Waals surface area contributed by atoms with Gasteiger partial charge in [-0.3, -0.25) is 0 Å². The van der Waals surface area contributed by atoms with E-state index < -0.39 is 0 Å². The average Bonchev–Trinajstić information content (AvgIpc) is 3.49.